The summed E-state index contributed by atoms with van der Waals surface area (Å²) in [5.41, 5.74) is 2.91. The van der Waals surface area contributed by atoms with Gasteiger partial charge in [0.15, 0.2) is 0 Å². The first-order valence-corrected chi connectivity index (χ1v) is 7.60. The minimum Gasteiger partial charge on any atom is -0.354 e. The van der Waals surface area contributed by atoms with Gasteiger partial charge in [-0.05, 0) is 19.4 Å². The van der Waals surface area contributed by atoms with E-state index in [1.165, 1.54) is 0 Å². The molecule has 23 heavy (non-hydrogen) atoms. The van der Waals surface area contributed by atoms with E-state index in [-0.39, 0.29) is 0 Å². The molecular formula is C15H20N8. The van der Waals surface area contributed by atoms with Crippen LogP contribution in [0.25, 0.3) is 11.3 Å². The zero-order valence-corrected chi connectivity index (χ0v) is 13.6. The number of aromatic nitrogens is 7. The minimum absolute atomic E-state index is 0.608. The van der Waals surface area contributed by atoms with Crippen LogP contribution in [0.3, 0.4) is 0 Å². The third-order valence-electron chi connectivity index (χ3n) is 3.62. The Bertz CT molecular complexity index is 788. The van der Waals surface area contributed by atoms with Crippen LogP contribution in [0.2, 0.25) is 0 Å². The first kappa shape index (κ1) is 15.1. The van der Waals surface area contributed by atoms with E-state index in [1.807, 2.05) is 37.1 Å². The molecule has 0 aromatic carbocycles. The monoisotopic (exact) mass is 312 g/mol. The van der Waals surface area contributed by atoms with Crippen molar-refractivity contribution in [3.63, 3.8) is 0 Å². The summed E-state index contributed by atoms with van der Waals surface area (Å²) in [5.74, 6) is 1.57. The third kappa shape index (κ3) is 3.36. The predicted octanol–water partition coefficient (Wildman–Crippen LogP) is 1.45. The molecule has 8 heteroatoms. The lowest BCUT2D eigenvalue weighted by Gasteiger charge is -2.08. The molecule has 120 valence electrons. The van der Waals surface area contributed by atoms with Gasteiger partial charge in [-0.15, -0.1) is 10.2 Å². The second-order valence-corrected chi connectivity index (χ2v) is 5.34. The van der Waals surface area contributed by atoms with Gasteiger partial charge < -0.3 is 9.88 Å². The van der Waals surface area contributed by atoms with Crippen molar-refractivity contribution < 1.29 is 0 Å². The second kappa shape index (κ2) is 6.55. The van der Waals surface area contributed by atoms with Gasteiger partial charge in [-0.3, -0.25) is 4.68 Å². The fourth-order valence-corrected chi connectivity index (χ4v) is 2.39. The highest BCUT2D eigenvalue weighted by molar-refractivity contribution is 5.62. The normalized spacial score (nSPS) is 10.9. The average molecular weight is 312 g/mol. The molecule has 3 rings (SSSR count). The molecule has 3 heterocycles. The Morgan fingerprint density at radius 2 is 2.13 bits per heavy atom. The van der Waals surface area contributed by atoms with Gasteiger partial charge in [0.1, 0.15) is 12.2 Å². The zero-order chi connectivity index (χ0) is 16.2. The molecule has 0 unspecified atom stereocenters. The second-order valence-electron chi connectivity index (χ2n) is 5.34. The highest BCUT2D eigenvalue weighted by Gasteiger charge is 2.09. The molecular weight excluding hydrogens is 292 g/mol. The SMILES string of the molecule is CCn1cnnc1CCNc1ncc(C)c(-c2cnn(C)c2)n1. The summed E-state index contributed by atoms with van der Waals surface area (Å²) in [5, 5.41) is 15.5. The van der Waals surface area contributed by atoms with Gasteiger partial charge in [0.2, 0.25) is 5.95 Å². The lowest BCUT2D eigenvalue weighted by molar-refractivity contribution is 0.697. The van der Waals surface area contributed by atoms with Crippen molar-refractivity contribution in [2.24, 2.45) is 7.05 Å². The summed E-state index contributed by atoms with van der Waals surface area (Å²) in [6.07, 6.45) is 8.10. The van der Waals surface area contributed by atoms with Gasteiger partial charge >= 0.3 is 0 Å². The van der Waals surface area contributed by atoms with Crippen molar-refractivity contribution in [2.75, 3.05) is 11.9 Å². The summed E-state index contributed by atoms with van der Waals surface area (Å²) < 4.78 is 3.79. The maximum atomic E-state index is 4.60. The molecule has 0 radical (unpaired) electrons. The van der Waals surface area contributed by atoms with Crippen LogP contribution < -0.4 is 5.32 Å². The first-order chi connectivity index (χ1) is 11.2. The van der Waals surface area contributed by atoms with Crippen molar-refractivity contribution in [3.8, 4) is 11.3 Å². The molecule has 0 amide bonds. The van der Waals surface area contributed by atoms with E-state index in [2.05, 4.69) is 37.5 Å². The van der Waals surface area contributed by atoms with Crippen LogP contribution in [0.4, 0.5) is 5.95 Å². The highest BCUT2D eigenvalue weighted by Crippen LogP contribution is 2.20. The molecule has 3 aromatic heterocycles. The van der Waals surface area contributed by atoms with Crippen LogP contribution in [-0.4, -0.2) is 41.1 Å². The third-order valence-corrected chi connectivity index (χ3v) is 3.62. The van der Waals surface area contributed by atoms with E-state index in [9.17, 15) is 0 Å². The summed E-state index contributed by atoms with van der Waals surface area (Å²) in [6, 6.07) is 0. The molecule has 0 saturated heterocycles. The van der Waals surface area contributed by atoms with Crippen molar-refractivity contribution in [1.82, 2.24) is 34.5 Å². The Morgan fingerprint density at radius 1 is 1.26 bits per heavy atom. The van der Waals surface area contributed by atoms with Gasteiger partial charge in [0.25, 0.3) is 0 Å². The standard InChI is InChI=1S/C15H20N8/c1-4-23-10-18-21-13(23)5-6-16-15-17-7-11(2)14(20-15)12-8-19-22(3)9-12/h7-10H,4-6H2,1-3H3,(H,16,17,20). The number of hydrogen-bond acceptors (Lipinski definition) is 6. The summed E-state index contributed by atoms with van der Waals surface area (Å²) in [6.45, 7) is 5.64. The van der Waals surface area contributed by atoms with Gasteiger partial charge in [-0.1, -0.05) is 0 Å². The molecule has 0 aliphatic heterocycles. The molecule has 0 aliphatic carbocycles. The number of anilines is 1. The van der Waals surface area contributed by atoms with Crippen LogP contribution in [0.5, 0.6) is 0 Å². The van der Waals surface area contributed by atoms with Crippen molar-refractivity contribution in [3.05, 3.63) is 36.3 Å². The van der Waals surface area contributed by atoms with Gasteiger partial charge in [0, 0.05) is 44.5 Å². The molecule has 0 atom stereocenters. The molecule has 0 saturated carbocycles. The number of rotatable bonds is 6. The molecule has 0 aliphatic rings. The van der Waals surface area contributed by atoms with E-state index >= 15 is 0 Å². The van der Waals surface area contributed by atoms with E-state index in [4.69, 9.17) is 0 Å². The van der Waals surface area contributed by atoms with Gasteiger partial charge in [0.05, 0.1) is 11.9 Å². The highest BCUT2D eigenvalue weighted by atomic mass is 15.3. The van der Waals surface area contributed by atoms with Crippen LogP contribution in [0.15, 0.2) is 24.9 Å². The fraction of sp³-hybridized carbons (Fsp3) is 0.400. The lowest BCUT2D eigenvalue weighted by atomic mass is 10.1. The first-order valence-electron chi connectivity index (χ1n) is 7.60. The Hall–Kier alpha value is -2.77. The molecule has 1 N–H and O–H groups in total. The Morgan fingerprint density at radius 3 is 2.87 bits per heavy atom. The van der Waals surface area contributed by atoms with Gasteiger partial charge in [-0.2, -0.15) is 5.10 Å². The fourth-order valence-electron chi connectivity index (χ4n) is 2.39. The minimum atomic E-state index is 0.608. The number of nitrogens with zero attached hydrogens (tertiary/aromatic N) is 7. The quantitative estimate of drug-likeness (QED) is 0.741. The maximum Gasteiger partial charge on any atom is 0.223 e. The van der Waals surface area contributed by atoms with E-state index < -0.39 is 0 Å². The summed E-state index contributed by atoms with van der Waals surface area (Å²) in [7, 11) is 1.89. The number of hydrogen-bond donors (Lipinski definition) is 1. The van der Waals surface area contributed by atoms with Crippen molar-refractivity contribution >= 4 is 5.95 Å². The largest absolute Gasteiger partial charge is 0.354 e. The van der Waals surface area contributed by atoms with Gasteiger partial charge in [-0.25, -0.2) is 9.97 Å². The summed E-state index contributed by atoms with van der Waals surface area (Å²) >= 11 is 0. The maximum absolute atomic E-state index is 4.60. The number of aryl methyl sites for hydroxylation is 3. The smallest absolute Gasteiger partial charge is 0.223 e. The predicted molar refractivity (Wildman–Crippen MR) is 86.9 cm³/mol. The van der Waals surface area contributed by atoms with E-state index in [1.54, 1.807) is 11.0 Å². The van der Waals surface area contributed by atoms with Crippen LogP contribution in [0.1, 0.15) is 18.3 Å². The Kier molecular flexibility index (Phi) is 4.31. The number of nitrogens with one attached hydrogen (secondary N) is 1. The molecule has 0 spiro atoms. The summed E-state index contributed by atoms with van der Waals surface area (Å²) in [4.78, 5) is 8.94. The van der Waals surface area contributed by atoms with Crippen molar-refractivity contribution in [1.29, 1.82) is 0 Å². The zero-order valence-electron chi connectivity index (χ0n) is 13.6. The van der Waals surface area contributed by atoms with E-state index in [0.717, 1.165) is 35.6 Å². The topological polar surface area (TPSA) is 86.3 Å². The van der Waals surface area contributed by atoms with Crippen LogP contribution >= 0.6 is 0 Å². The molecule has 0 fully saturated rings. The van der Waals surface area contributed by atoms with E-state index in [0.29, 0.717) is 12.5 Å². The Labute approximate surface area is 134 Å². The van der Waals surface area contributed by atoms with Crippen LogP contribution in [-0.2, 0) is 20.0 Å². The van der Waals surface area contributed by atoms with Crippen molar-refractivity contribution in [2.45, 2.75) is 26.8 Å². The molecule has 0 bridgehead atoms. The lowest BCUT2D eigenvalue weighted by Crippen LogP contribution is -2.12. The average Bonchev–Trinajstić information content (AvgIpc) is 3.17. The van der Waals surface area contributed by atoms with Crippen LogP contribution in [0, 0.1) is 6.92 Å². The Balaban J connectivity index is 1.69. The molecule has 3 aromatic rings. The molecule has 8 nitrogen and oxygen atoms in total.